The largest absolute Gasteiger partial charge is 0.494 e. The fourth-order valence-corrected chi connectivity index (χ4v) is 5.19. The van der Waals surface area contributed by atoms with E-state index in [1.54, 1.807) is 0 Å². The van der Waals surface area contributed by atoms with Gasteiger partial charge in [0.2, 0.25) is 0 Å². The van der Waals surface area contributed by atoms with Gasteiger partial charge in [-0.15, -0.1) is 0 Å². The van der Waals surface area contributed by atoms with Crippen LogP contribution in [-0.2, 0) is 4.79 Å². The molecular formula is C28H30N4O2S. The summed E-state index contributed by atoms with van der Waals surface area (Å²) in [5.74, 6) is 0.680. The number of amidine groups is 1. The van der Waals surface area contributed by atoms with Crippen molar-refractivity contribution in [3.05, 3.63) is 71.3 Å². The normalized spacial score (nSPS) is 17.2. The number of thioether (sulfide) groups is 1. The minimum Gasteiger partial charge on any atom is -0.494 e. The highest BCUT2D eigenvalue weighted by Gasteiger charge is 2.27. The summed E-state index contributed by atoms with van der Waals surface area (Å²) in [5.41, 5.74) is 3.65. The molecule has 0 aliphatic carbocycles. The van der Waals surface area contributed by atoms with Crippen LogP contribution in [0.2, 0.25) is 0 Å². The van der Waals surface area contributed by atoms with Gasteiger partial charge in [0.1, 0.15) is 5.75 Å². The lowest BCUT2D eigenvalue weighted by Crippen LogP contribution is -2.33. The average Bonchev–Trinajstić information content (AvgIpc) is 3.49. The van der Waals surface area contributed by atoms with Crippen molar-refractivity contribution in [1.82, 2.24) is 14.7 Å². The highest BCUT2D eigenvalue weighted by molar-refractivity contribution is 8.18. The van der Waals surface area contributed by atoms with Gasteiger partial charge in [-0.2, -0.15) is 10.1 Å². The number of amides is 1. The van der Waals surface area contributed by atoms with E-state index in [1.807, 2.05) is 71.6 Å². The van der Waals surface area contributed by atoms with Crippen molar-refractivity contribution in [1.29, 1.82) is 0 Å². The summed E-state index contributed by atoms with van der Waals surface area (Å²) in [4.78, 5) is 20.0. The summed E-state index contributed by atoms with van der Waals surface area (Å²) >= 11 is 1.47. The fraction of sp³-hybridized carbons (Fsp3) is 0.321. The predicted molar refractivity (Wildman–Crippen MR) is 143 cm³/mol. The van der Waals surface area contributed by atoms with Crippen LogP contribution >= 0.6 is 11.8 Å². The first-order valence-corrected chi connectivity index (χ1v) is 13.2. The molecule has 0 spiro atoms. The second-order valence-electron chi connectivity index (χ2n) is 8.80. The number of aromatic nitrogens is 2. The first kappa shape index (κ1) is 23.4. The summed E-state index contributed by atoms with van der Waals surface area (Å²) in [7, 11) is 0. The summed E-state index contributed by atoms with van der Waals surface area (Å²) < 4.78 is 7.69. The zero-order valence-corrected chi connectivity index (χ0v) is 20.8. The lowest BCUT2D eigenvalue weighted by atomic mass is 10.1. The van der Waals surface area contributed by atoms with Crippen molar-refractivity contribution in [2.45, 2.75) is 39.0 Å². The molecule has 7 heteroatoms. The average molecular weight is 487 g/mol. The summed E-state index contributed by atoms with van der Waals surface area (Å²) in [6.07, 6.45) is 9.60. The maximum atomic E-state index is 12.8. The molecule has 1 saturated heterocycles. The number of carbonyl (C=O) groups excluding carboxylic acids is 1. The van der Waals surface area contributed by atoms with Gasteiger partial charge >= 0.3 is 0 Å². The van der Waals surface area contributed by atoms with Gasteiger partial charge in [-0.3, -0.25) is 4.79 Å². The Labute approximate surface area is 210 Å². The number of carbonyl (C=O) groups is 1. The molecule has 2 aliphatic heterocycles. The van der Waals surface area contributed by atoms with Crippen LogP contribution in [-0.4, -0.2) is 45.5 Å². The molecule has 0 N–H and O–H groups in total. The molecular weight excluding hydrogens is 456 g/mol. The second kappa shape index (κ2) is 11.0. The smallest absolute Gasteiger partial charge is 0.286 e. The van der Waals surface area contributed by atoms with Gasteiger partial charge in [0.25, 0.3) is 5.91 Å². The summed E-state index contributed by atoms with van der Waals surface area (Å²) in [5, 5.41) is 5.72. The number of nitrogens with zero attached hydrogens (tertiary/aromatic N) is 4. The van der Waals surface area contributed by atoms with Gasteiger partial charge in [-0.1, -0.05) is 31.5 Å². The van der Waals surface area contributed by atoms with E-state index in [2.05, 4.69) is 16.8 Å². The number of piperidine rings is 1. The monoisotopic (exact) mass is 486 g/mol. The van der Waals surface area contributed by atoms with Crippen LogP contribution in [0.15, 0.2) is 70.7 Å². The number of para-hydroxylation sites is 1. The molecule has 3 aromatic rings. The minimum atomic E-state index is -0.173. The van der Waals surface area contributed by atoms with E-state index in [-0.39, 0.29) is 5.91 Å². The zero-order valence-electron chi connectivity index (χ0n) is 20.0. The Balaban J connectivity index is 1.45. The molecule has 0 saturated carbocycles. The zero-order chi connectivity index (χ0) is 24.0. The van der Waals surface area contributed by atoms with Crippen LogP contribution in [0, 0.1) is 0 Å². The van der Waals surface area contributed by atoms with Crippen LogP contribution in [0.25, 0.3) is 23.0 Å². The molecule has 1 aromatic heterocycles. The summed E-state index contributed by atoms with van der Waals surface area (Å²) in [6.45, 7) is 4.81. The number of hydrogen-bond donors (Lipinski definition) is 0. The standard InChI is InChI=1S/C28H30N4O2S/c1-2-3-18-34-24-14-12-21(13-15-24)26-22(20-32(30-26)23-10-6-4-7-11-23)19-25-27(33)29-28(35-25)31-16-8-5-9-17-31/h4,6-7,10-15,19-20H,2-3,5,8-9,16-18H2,1H3/b25-19-. The van der Waals surface area contributed by atoms with E-state index >= 15 is 0 Å². The molecule has 1 fully saturated rings. The lowest BCUT2D eigenvalue weighted by molar-refractivity contribution is -0.113. The fourth-order valence-electron chi connectivity index (χ4n) is 4.23. The quantitative estimate of drug-likeness (QED) is 0.295. The van der Waals surface area contributed by atoms with Crippen LogP contribution in [0.3, 0.4) is 0 Å². The maximum Gasteiger partial charge on any atom is 0.286 e. The lowest BCUT2D eigenvalue weighted by Gasteiger charge is -2.27. The molecule has 6 nitrogen and oxygen atoms in total. The highest BCUT2D eigenvalue weighted by atomic mass is 32.2. The number of hydrogen-bond acceptors (Lipinski definition) is 5. The van der Waals surface area contributed by atoms with E-state index in [4.69, 9.17) is 9.84 Å². The van der Waals surface area contributed by atoms with Crippen molar-refractivity contribution in [2.75, 3.05) is 19.7 Å². The first-order chi connectivity index (χ1) is 17.2. The number of unbranched alkanes of at least 4 members (excludes halogenated alkanes) is 1. The van der Waals surface area contributed by atoms with Crippen LogP contribution < -0.4 is 4.74 Å². The molecule has 3 heterocycles. The maximum absolute atomic E-state index is 12.8. The van der Waals surface area contributed by atoms with E-state index < -0.39 is 0 Å². The first-order valence-electron chi connectivity index (χ1n) is 12.4. The van der Waals surface area contributed by atoms with Crippen molar-refractivity contribution < 1.29 is 9.53 Å². The molecule has 180 valence electrons. The number of ether oxygens (including phenoxy) is 1. The highest BCUT2D eigenvalue weighted by Crippen LogP contribution is 2.34. The van der Waals surface area contributed by atoms with Gasteiger partial charge in [0.15, 0.2) is 5.17 Å². The SMILES string of the molecule is CCCCOc1ccc(-c2nn(-c3ccccc3)cc2/C=C2\SC(N3CCCCC3)=NC2=O)cc1. The topological polar surface area (TPSA) is 59.7 Å². The van der Waals surface area contributed by atoms with Crippen LogP contribution in [0.4, 0.5) is 0 Å². The van der Waals surface area contributed by atoms with E-state index in [0.29, 0.717) is 11.5 Å². The van der Waals surface area contributed by atoms with Crippen LogP contribution in [0.1, 0.15) is 44.6 Å². The Morgan fingerprint density at radius 1 is 1.03 bits per heavy atom. The minimum absolute atomic E-state index is 0.173. The van der Waals surface area contributed by atoms with E-state index in [1.165, 1.54) is 18.2 Å². The Bertz CT molecular complexity index is 1230. The Morgan fingerprint density at radius 3 is 2.54 bits per heavy atom. The second-order valence-corrected chi connectivity index (χ2v) is 9.81. The molecule has 0 radical (unpaired) electrons. The van der Waals surface area contributed by atoms with Gasteiger partial charge < -0.3 is 9.64 Å². The van der Waals surface area contributed by atoms with Crippen molar-refractivity contribution in [3.8, 4) is 22.7 Å². The third-order valence-corrected chi connectivity index (χ3v) is 7.22. The van der Waals surface area contributed by atoms with E-state index in [0.717, 1.165) is 72.2 Å². The van der Waals surface area contributed by atoms with Gasteiger partial charge in [-0.25, -0.2) is 4.68 Å². The Kier molecular flexibility index (Phi) is 7.33. The molecule has 0 bridgehead atoms. The van der Waals surface area contributed by atoms with Crippen molar-refractivity contribution >= 4 is 28.9 Å². The number of benzene rings is 2. The third-order valence-electron chi connectivity index (χ3n) is 6.18. The number of rotatable bonds is 7. The number of aliphatic imine (C=N–C) groups is 1. The molecule has 2 aromatic carbocycles. The molecule has 0 unspecified atom stereocenters. The molecule has 35 heavy (non-hydrogen) atoms. The summed E-state index contributed by atoms with van der Waals surface area (Å²) in [6, 6.07) is 18.0. The van der Waals surface area contributed by atoms with Gasteiger partial charge in [0.05, 0.1) is 22.9 Å². The van der Waals surface area contributed by atoms with Crippen LogP contribution in [0.5, 0.6) is 5.75 Å². The van der Waals surface area contributed by atoms with Crippen molar-refractivity contribution in [2.24, 2.45) is 4.99 Å². The number of likely N-dealkylation sites (tertiary alicyclic amines) is 1. The molecule has 5 rings (SSSR count). The van der Waals surface area contributed by atoms with Gasteiger partial charge in [0, 0.05) is 30.4 Å². The van der Waals surface area contributed by atoms with Gasteiger partial charge in [-0.05, 0) is 79.9 Å². The molecule has 0 atom stereocenters. The molecule has 1 amide bonds. The Hall–Kier alpha value is -3.32. The third kappa shape index (κ3) is 5.51. The Morgan fingerprint density at radius 2 is 1.80 bits per heavy atom. The van der Waals surface area contributed by atoms with Crippen molar-refractivity contribution in [3.63, 3.8) is 0 Å². The molecule has 2 aliphatic rings. The van der Waals surface area contributed by atoms with E-state index in [9.17, 15) is 4.79 Å². The predicted octanol–water partition coefficient (Wildman–Crippen LogP) is 6.17.